The maximum atomic E-state index is 11.0. The molecule has 1 saturated heterocycles. The van der Waals surface area contributed by atoms with Crippen LogP contribution < -0.4 is 5.73 Å². The Morgan fingerprint density at radius 1 is 1.73 bits per heavy atom. The molecule has 90 valence electrons. The van der Waals surface area contributed by atoms with Gasteiger partial charge in [-0.05, 0) is 12.8 Å². The van der Waals surface area contributed by atoms with Crippen molar-refractivity contribution in [2.75, 3.05) is 20.3 Å². The lowest BCUT2D eigenvalue weighted by atomic mass is 9.96. The minimum atomic E-state index is -0.740. The smallest absolute Gasteiger partial charge is 0.322 e. The van der Waals surface area contributed by atoms with E-state index in [0.717, 1.165) is 6.42 Å². The van der Waals surface area contributed by atoms with Crippen LogP contribution in [0.4, 0.5) is 0 Å². The molecule has 0 saturated carbocycles. The molecule has 0 radical (unpaired) electrons. The molecule has 1 heterocycles. The lowest BCUT2D eigenvalue weighted by molar-refractivity contribution is -0.143. The van der Waals surface area contributed by atoms with Crippen LogP contribution in [-0.4, -0.2) is 43.5 Å². The summed E-state index contributed by atoms with van der Waals surface area (Å²) in [5.74, 6) is -0.381. The van der Waals surface area contributed by atoms with E-state index < -0.39 is 18.1 Å². The van der Waals surface area contributed by atoms with Gasteiger partial charge in [-0.3, -0.25) is 4.79 Å². The standard InChI is InChI=1S/C9H17NO4.ClH/c1-13-9(12)7(10)4-8(11)6-2-3-14-5-6;/h6-8,11H,2-5,10H2,1H3;1H. The molecular formula is C9H18ClNO4. The van der Waals surface area contributed by atoms with E-state index in [4.69, 9.17) is 10.5 Å². The van der Waals surface area contributed by atoms with Crippen LogP contribution >= 0.6 is 12.4 Å². The van der Waals surface area contributed by atoms with Gasteiger partial charge in [-0.2, -0.15) is 0 Å². The van der Waals surface area contributed by atoms with E-state index in [-0.39, 0.29) is 24.7 Å². The first-order chi connectivity index (χ1) is 6.65. The van der Waals surface area contributed by atoms with Crippen LogP contribution in [0.5, 0.6) is 0 Å². The molecule has 0 amide bonds. The van der Waals surface area contributed by atoms with Crippen LogP contribution in [-0.2, 0) is 14.3 Å². The fourth-order valence-electron chi connectivity index (χ4n) is 1.56. The van der Waals surface area contributed by atoms with E-state index in [1.54, 1.807) is 0 Å². The van der Waals surface area contributed by atoms with Crippen LogP contribution in [0.3, 0.4) is 0 Å². The van der Waals surface area contributed by atoms with Gasteiger partial charge in [0, 0.05) is 12.5 Å². The Bertz CT molecular complexity index is 197. The summed E-state index contributed by atoms with van der Waals surface area (Å²) in [5.41, 5.74) is 5.52. The first-order valence-corrected chi connectivity index (χ1v) is 4.74. The van der Waals surface area contributed by atoms with Gasteiger partial charge in [-0.15, -0.1) is 12.4 Å². The first-order valence-electron chi connectivity index (χ1n) is 4.74. The number of carbonyl (C=O) groups is 1. The highest BCUT2D eigenvalue weighted by atomic mass is 35.5. The van der Waals surface area contributed by atoms with Crippen molar-refractivity contribution in [1.29, 1.82) is 0 Å². The van der Waals surface area contributed by atoms with Gasteiger partial charge in [0.05, 0.1) is 19.8 Å². The molecule has 5 nitrogen and oxygen atoms in total. The maximum Gasteiger partial charge on any atom is 0.322 e. The SMILES string of the molecule is COC(=O)C(N)CC(O)C1CCOC1.Cl. The molecular weight excluding hydrogens is 222 g/mol. The Morgan fingerprint density at radius 2 is 2.40 bits per heavy atom. The summed E-state index contributed by atoms with van der Waals surface area (Å²) in [5, 5.41) is 9.70. The third-order valence-corrected chi connectivity index (χ3v) is 2.51. The molecule has 1 fully saturated rings. The van der Waals surface area contributed by atoms with E-state index in [1.807, 2.05) is 0 Å². The topological polar surface area (TPSA) is 81.8 Å². The third kappa shape index (κ3) is 4.34. The average Bonchev–Trinajstić information content (AvgIpc) is 2.69. The van der Waals surface area contributed by atoms with Crippen LogP contribution in [0.25, 0.3) is 0 Å². The molecule has 1 aliphatic heterocycles. The monoisotopic (exact) mass is 239 g/mol. The van der Waals surface area contributed by atoms with Gasteiger partial charge in [-0.25, -0.2) is 0 Å². The maximum absolute atomic E-state index is 11.0. The van der Waals surface area contributed by atoms with Gasteiger partial charge < -0.3 is 20.3 Å². The molecule has 0 aromatic heterocycles. The second-order valence-corrected chi connectivity index (χ2v) is 3.56. The highest BCUT2D eigenvalue weighted by Gasteiger charge is 2.27. The normalized spacial score (nSPS) is 24.1. The predicted molar refractivity (Wildman–Crippen MR) is 56.8 cm³/mol. The molecule has 3 atom stereocenters. The van der Waals surface area contributed by atoms with Crippen molar-refractivity contribution >= 4 is 18.4 Å². The summed E-state index contributed by atoms with van der Waals surface area (Å²) in [6.45, 7) is 1.23. The van der Waals surface area contributed by atoms with Crippen LogP contribution in [0.15, 0.2) is 0 Å². The van der Waals surface area contributed by atoms with Gasteiger partial charge in [-0.1, -0.05) is 0 Å². The van der Waals surface area contributed by atoms with Crippen molar-refractivity contribution in [2.45, 2.75) is 25.0 Å². The van der Waals surface area contributed by atoms with Crippen LogP contribution in [0.1, 0.15) is 12.8 Å². The number of esters is 1. The zero-order valence-electron chi connectivity index (χ0n) is 8.72. The van der Waals surface area contributed by atoms with Gasteiger partial charge in [0.15, 0.2) is 0 Å². The fraction of sp³-hybridized carbons (Fsp3) is 0.889. The summed E-state index contributed by atoms with van der Waals surface area (Å²) < 4.78 is 9.60. The van der Waals surface area contributed by atoms with E-state index in [2.05, 4.69) is 4.74 Å². The number of methoxy groups -OCH3 is 1. The number of halogens is 1. The molecule has 0 spiro atoms. The molecule has 0 bridgehead atoms. The number of hydrogen-bond acceptors (Lipinski definition) is 5. The Hall–Kier alpha value is -0.360. The fourth-order valence-corrected chi connectivity index (χ4v) is 1.56. The minimum absolute atomic E-state index is 0. The lowest BCUT2D eigenvalue weighted by Crippen LogP contribution is -2.37. The van der Waals surface area contributed by atoms with Crippen molar-refractivity contribution < 1.29 is 19.4 Å². The highest BCUT2D eigenvalue weighted by Crippen LogP contribution is 2.19. The van der Waals surface area contributed by atoms with E-state index in [0.29, 0.717) is 13.2 Å². The van der Waals surface area contributed by atoms with Gasteiger partial charge in [0.1, 0.15) is 6.04 Å². The minimum Gasteiger partial charge on any atom is -0.468 e. The molecule has 1 aliphatic rings. The number of hydrogen-bond donors (Lipinski definition) is 2. The van der Waals surface area contributed by atoms with Crippen LogP contribution in [0.2, 0.25) is 0 Å². The van der Waals surface area contributed by atoms with Gasteiger partial charge in [0.2, 0.25) is 0 Å². The average molecular weight is 240 g/mol. The van der Waals surface area contributed by atoms with E-state index in [1.165, 1.54) is 7.11 Å². The molecule has 0 aromatic carbocycles. The molecule has 0 aliphatic carbocycles. The number of carbonyl (C=O) groups excluding carboxylic acids is 1. The third-order valence-electron chi connectivity index (χ3n) is 2.51. The van der Waals surface area contributed by atoms with Gasteiger partial charge >= 0.3 is 5.97 Å². The molecule has 15 heavy (non-hydrogen) atoms. The Labute approximate surface area is 95.3 Å². The molecule has 0 aromatic rings. The summed E-state index contributed by atoms with van der Waals surface area (Å²) >= 11 is 0. The predicted octanol–water partition coefficient (Wildman–Crippen LogP) is -0.304. The summed E-state index contributed by atoms with van der Waals surface area (Å²) in [6, 6.07) is -0.740. The molecule has 6 heteroatoms. The van der Waals surface area contributed by atoms with Crippen molar-refractivity contribution in [3.63, 3.8) is 0 Å². The number of aliphatic hydroxyl groups is 1. The number of ether oxygens (including phenoxy) is 2. The highest BCUT2D eigenvalue weighted by molar-refractivity contribution is 5.85. The van der Waals surface area contributed by atoms with Crippen molar-refractivity contribution in [3.8, 4) is 0 Å². The summed E-state index contributed by atoms with van der Waals surface area (Å²) in [7, 11) is 1.28. The number of nitrogens with two attached hydrogens (primary N) is 1. The molecule has 1 rings (SSSR count). The second-order valence-electron chi connectivity index (χ2n) is 3.56. The Balaban J connectivity index is 0.00000196. The number of rotatable bonds is 4. The Morgan fingerprint density at radius 3 is 2.87 bits per heavy atom. The largest absolute Gasteiger partial charge is 0.468 e. The van der Waals surface area contributed by atoms with Crippen molar-refractivity contribution in [1.82, 2.24) is 0 Å². The van der Waals surface area contributed by atoms with E-state index >= 15 is 0 Å². The number of aliphatic hydroxyl groups excluding tert-OH is 1. The lowest BCUT2D eigenvalue weighted by Gasteiger charge is -2.18. The summed E-state index contributed by atoms with van der Waals surface area (Å²) in [4.78, 5) is 11.0. The second kappa shape index (κ2) is 7.00. The molecule has 3 N–H and O–H groups in total. The molecule has 3 unspecified atom stereocenters. The Kier molecular flexibility index (Phi) is 6.84. The summed E-state index contributed by atoms with van der Waals surface area (Å²) in [6.07, 6.45) is 0.488. The van der Waals surface area contributed by atoms with Gasteiger partial charge in [0.25, 0.3) is 0 Å². The van der Waals surface area contributed by atoms with Crippen molar-refractivity contribution in [3.05, 3.63) is 0 Å². The first kappa shape index (κ1) is 14.6. The zero-order valence-corrected chi connectivity index (χ0v) is 9.53. The van der Waals surface area contributed by atoms with Crippen molar-refractivity contribution in [2.24, 2.45) is 11.7 Å². The zero-order chi connectivity index (χ0) is 10.6. The van der Waals surface area contributed by atoms with E-state index in [9.17, 15) is 9.90 Å². The van der Waals surface area contributed by atoms with Crippen LogP contribution in [0, 0.1) is 5.92 Å². The quantitative estimate of drug-likeness (QED) is 0.658.